The third-order valence-corrected chi connectivity index (χ3v) is 3.97. The summed E-state index contributed by atoms with van der Waals surface area (Å²) in [6, 6.07) is 7.19. The van der Waals surface area contributed by atoms with Crippen LogP contribution in [0.25, 0.3) is 0 Å². The second-order valence-corrected chi connectivity index (χ2v) is 6.54. The molecule has 2 rings (SSSR count). The third-order valence-electron chi connectivity index (χ3n) is 2.81. The Balaban J connectivity index is 2.49. The quantitative estimate of drug-likeness (QED) is 0.930. The zero-order valence-corrected chi connectivity index (χ0v) is 12.7. The molecule has 6 nitrogen and oxygen atoms in total. The summed E-state index contributed by atoms with van der Waals surface area (Å²) >= 11 is 6.10. The fraction of sp³-hybridized carbons (Fsp3) is 0.333. The molecule has 0 aliphatic carbocycles. The Hall–Kier alpha value is -1.44. The molecule has 0 amide bonds. The first-order valence-corrected chi connectivity index (χ1v) is 7.93. The van der Waals surface area contributed by atoms with Gasteiger partial charge >= 0.3 is 0 Å². The van der Waals surface area contributed by atoms with E-state index in [4.69, 9.17) is 16.7 Å². The van der Waals surface area contributed by atoms with E-state index in [9.17, 15) is 8.42 Å². The molecule has 0 fully saturated rings. The summed E-state index contributed by atoms with van der Waals surface area (Å²) < 4.78 is 24.6. The van der Waals surface area contributed by atoms with Crippen LogP contribution in [-0.4, -0.2) is 23.2 Å². The van der Waals surface area contributed by atoms with E-state index in [1.165, 1.54) is 4.57 Å². The molecule has 0 saturated carbocycles. The van der Waals surface area contributed by atoms with Gasteiger partial charge in [-0.05, 0) is 25.5 Å². The van der Waals surface area contributed by atoms with Crippen LogP contribution in [0.2, 0.25) is 5.02 Å². The van der Waals surface area contributed by atoms with Crippen LogP contribution in [0.15, 0.2) is 29.4 Å². The first kappa shape index (κ1) is 15.0. The van der Waals surface area contributed by atoms with Crippen LogP contribution < -0.4 is 5.14 Å². The van der Waals surface area contributed by atoms with E-state index in [0.717, 1.165) is 5.56 Å². The first-order chi connectivity index (χ1) is 9.30. The van der Waals surface area contributed by atoms with Gasteiger partial charge in [-0.3, -0.25) is 4.57 Å². The molecule has 0 spiro atoms. The van der Waals surface area contributed by atoms with E-state index in [1.807, 2.05) is 32.0 Å². The SMILES string of the molecule is CC(C)n1c(Cc2ccccc2Cl)nnc1S(N)(=O)=O. The van der Waals surface area contributed by atoms with Crippen molar-refractivity contribution < 1.29 is 8.42 Å². The molecule has 0 unspecified atom stereocenters. The number of primary sulfonamides is 1. The van der Waals surface area contributed by atoms with Crippen LogP contribution >= 0.6 is 11.6 Å². The van der Waals surface area contributed by atoms with Gasteiger partial charge in [0.2, 0.25) is 0 Å². The zero-order chi connectivity index (χ0) is 14.9. The first-order valence-electron chi connectivity index (χ1n) is 6.00. The normalized spacial score (nSPS) is 12.1. The van der Waals surface area contributed by atoms with E-state index in [1.54, 1.807) is 6.07 Å². The molecule has 20 heavy (non-hydrogen) atoms. The molecule has 8 heteroatoms. The summed E-state index contributed by atoms with van der Waals surface area (Å²) in [4.78, 5) is 0. The minimum Gasteiger partial charge on any atom is -0.298 e. The fourth-order valence-electron chi connectivity index (χ4n) is 1.95. The van der Waals surface area contributed by atoms with Gasteiger partial charge in [0.1, 0.15) is 5.82 Å². The summed E-state index contributed by atoms with van der Waals surface area (Å²) in [5.74, 6) is 0.511. The van der Waals surface area contributed by atoms with Crippen LogP contribution in [0.1, 0.15) is 31.3 Å². The lowest BCUT2D eigenvalue weighted by Gasteiger charge is -2.13. The Morgan fingerprint density at radius 1 is 1.30 bits per heavy atom. The molecule has 2 aromatic rings. The minimum atomic E-state index is -3.90. The van der Waals surface area contributed by atoms with Crippen LogP contribution in [0, 0.1) is 0 Å². The molecule has 0 radical (unpaired) electrons. The van der Waals surface area contributed by atoms with E-state index >= 15 is 0 Å². The number of sulfonamides is 1. The van der Waals surface area contributed by atoms with Crippen molar-refractivity contribution in [2.24, 2.45) is 5.14 Å². The van der Waals surface area contributed by atoms with Crippen LogP contribution in [-0.2, 0) is 16.4 Å². The number of hydrogen-bond donors (Lipinski definition) is 1. The molecule has 0 aliphatic heterocycles. The molecule has 0 saturated heterocycles. The van der Waals surface area contributed by atoms with Crippen molar-refractivity contribution in [3.63, 3.8) is 0 Å². The van der Waals surface area contributed by atoms with Crippen molar-refractivity contribution in [1.29, 1.82) is 0 Å². The van der Waals surface area contributed by atoms with E-state index in [-0.39, 0.29) is 11.2 Å². The van der Waals surface area contributed by atoms with Gasteiger partial charge in [-0.1, -0.05) is 29.8 Å². The largest absolute Gasteiger partial charge is 0.298 e. The molecular weight excluding hydrogens is 300 g/mol. The van der Waals surface area contributed by atoms with Gasteiger partial charge in [0.05, 0.1) is 0 Å². The van der Waals surface area contributed by atoms with Gasteiger partial charge in [0.15, 0.2) is 0 Å². The van der Waals surface area contributed by atoms with Crippen molar-refractivity contribution >= 4 is 21.6 Å². The van der Waals surface area contributed by atoms with Crippen LogP contribution in [0.3, 0.4) is 0 Å². The molecule has 0 bridgehead atoms. The van der Waals surface area contributed by atoms with E-state index in [0.29, 0.717) is 17.3 Å². The number of aromatic nitrogens is 3. The highest BCUT2D eigenvalue weighted by molar-refractivity contribution is 7.89. The number of nitrogens with zero attached hydrogens (tertiary/aromatic N) is 3. The highest BCUT2D eigenvalue weighted by Gasteiger charge is 2.23. The van der Waals surface area contributed by atoms with Gasteiger partial charge < -0.3 is 0 Å². The summed E-state index contributed by atoms with van der Waals surface area (Å²) in [5, 5.41) is 13.2. The van der Waals surface area contributed by atoms with Crippen LogP contribution in [0.5, 0.6) is 0 Å². The van der Waals surface area contributed by atoms with Crippen molar-refractivity contribution in [1.82, 2.24) is 14.8 Å². The van der Waals surface area contributed by atoms with Crippen molar-refractivity contribution in [3.05, 3.63) is 40.7 Å². The van der Waals surface area contributed by atoms with Gasteiger partial charge in [-0.15, -0.1) is 10.2 Å². The topological polar surface area (TPSA) is 90.9 Å². The second kappa shape index (κ2) is 5.51. The molecule has 0 aliphatic rings. The lowest BCUT2D eigenvalue weighted by molar-refractivity contribution is 0.507. The molecule has 108 valence electrons. The van der Waals surface area contributed by atoms with Gasteiger partial charge in [0, 0.05) is 17.5 Å². The van der Waals surface area contributed by atoms with Crippen molar-refractivity contribution in [3.8, 4) is 0 Å². The fourth-order valence-corrected chi connectivity index (χ4v) is 2.90. The predicted molar refractivity (Wildman–Crippen MR) is 76.0 cm³/mol. The average molecular weight is 315 g/mol. The molecule has 0 atom stereocenters. The summed E-state index contributed by atoms with van der Waals surface area (Å²) in [6.45, 7) is 3.68. The highest BCUT2D eigenvalue weighted by atomic mass is 35.5. The number of nitrogens with two attached hydrogens (primary N) is 1. The van der Waals surface area contributed by atoms with Crippen molar-refractivity contribution in [2.75, 3.05) is 0 Å². The number of hydrogen-bond acceptors (Lipinski definition) is 4. The van der Waals surface area contributed by atoms with Gasteiger partial charge in [-0.25, -0.2) is 13.6 Å². The predicted octanol–water partition coefficient (Wildman–Crippen LogP) is 1.75. The minimum absolute atomic E-state index is 0.129. The van der Waals surface area contributed by atoms with Crippen molar-refractivity contribution in [2.45, 2.75) is 31.5 Å². The van der Waals surface area contributed by atoms with Crippen LogP contribution in [0.4, 0.5) is 0 Å². The Morgan fingerprint density at radius 3 is 2.50 bits per heavy atom. The third kappa shape index (κ3) is 3.00. The second-order valence-electron chi connectivity index (χ2n) is 4.68. The Bertz CT molecular complexity index is 725. The summed E-state index contributed by atoms with van der Waals surface area (Å²) in [5.41, 5.74) is 0.851. The maximum absolute atomic E-state index is 11.5. The average Bonchev–Trinajstić information content (AvgIpc) is 2.75. The monoisotopic (exact) mass is 314 g/mol. The maximum atomic E-state index is 11.5. The maximum Gasteiger partial charge on any atom is 0.273 e. The van der Waals surface area contributed by atoms with E-state index < -0.39 is 10.0 Å². The summed E-state index contributed by atoms with van der Waals surface area (Å²) in [7, 11) is -3.90. The number of rotatable bonds is 4. The summed E-state index contributed by atoms with van der Waals surface area (Å²) in [6.07, 6.45) is 0.389. The van der Waals surface area contributed by atoms with Gasteiger partial charge in [-0.2, -0.15) is 0 Å². The molecular formula is C12H15ClN4O2S. The zero-order valence-electron chi connectivity index (χ0n) is 11.1. The molecule has 1 aromatic heterocycles. The number of halogens is 1. The molecule has 1 heterocycles. The lowest BCUT2D eigenvalue weighted by atomic mass is 10.1. The molecule has 1 aromatic carbocycles. The standard InChI is InChI=1S/C12H15ClN4O2S/c1-8(2)17-11(15-16-12(17)20(14,18)19)7-9-5-3-4-6-10(9)13/h3-6,8H,7H2,1-2H3,(H2,14,18,19). The number of benzene rings is 1. The van der Waals surface area contributed by atoms with E-state index in [2.05, 4.69) is 10.2 Å². The molecule has 2 N–H and O–H groups in total. The Kier molecular flexibility index (Phi) is 4.12. The highest BCUT2D eigenvalue weighted by Crippen LogP contribution is 2.21. The Morgan fingerprint density at radius 2 is 1.95 bits per heavy atom. The smallest absolute Gasteiger partial charge is 0.273 e. The lowest BCUT2D eigenvalue weighted by Crippen LogP contribution is -2.20. The Labute approximate surface area is 122 Å². The van der Waals surface area contributed by atoms with Gasteiger partial charge in [0.25, 0.3) is 15.2 Å².